The maximum absolute atomic E-state index is 12.9. The second-order valence-corrected chi connectivity index (χ2v) is 6.14. The summed E-state index contributed by atoms with van der Waals surface area (Å²) in [5.74, 6) is 1.02. The van der Waals surface area contributed by atoms with Gasteiger partial charge in [-0.15, -0.1) is 0 Å². The fourth-order valence-corrected chi connectivity index (χ4v) is 2.72. The number of hydrogen-bond donors (Lipinski definition) is 1. The van der Waals surface area contributed by atoms with Gasteiger partial charge in [0.2, 0.25) is 0 Å². The summed E-state index contributed by atoms with van der Waals surface area (Å²) in [6.07, 6.45) is 5.91. The highest BCUT2D eigenvalue weighted by Crippen LogP contribution is 2.35. The fourth-order valence-electron chi connectivity index (χ4n) is 2.72. The molecule has 2 aliphatic carbocycles. The lowest BCUT2D eigenvalue weighted by Gasteiger charge is -2.23. The second kappa shape index (κ2) is 5.96. The van der Waals surface area contributed by atoms with Crippen molar-refractivity contribution >= 4 is 5.91 Å². The van der Waals surface area contributed by atoms with E-state index < -0.39 is 0 Å². The number of rotatable bonds is 7. The Morgan fingerprint density at radius 2 is 2.00 bits per heavy atom. The molecule has 0 atom stereocenters. The van der Waals surface area contributed by atoms with Gasteiger partial charge in [-0.25, -0.2) is 0 Å². The zero-order chi connectivity index (χ0) is 13.9. The number of nitrogens with zero attached hydrogens (tertiary/aromatic N) is 1. The monoisotopic (exact) mass is 272 g/mol. The van der Waals surface area contributed by atoms with E-state index in [4.69, 9.17) is 0 Å². The van der Waals surface area contributed by atoms with Crippen molar-refractivity contribution < 1.29 is 4.79 Å². The average Bonchev–Trinajstić information content (AvgIpc) is 3.35. The molecular weight excluding hydrogens is 248 g/mol. The Hall–Kier alpha value is -1.35. The summed E-state index contributed by atoms with van der Waals surface area (Å²) in [7, 11) is 1.95. The van der Waals surface area contributed by atoms with E-state index in [0.29, 0.717) is 6.04 Å². The van der Waals surface area contributed by atoms with Crippen LogP contribution in [0.1, 0.15) is 41.6 Å². The molecule has 3 rings (SSSR count). The number of carbonyl (C=O) groups excluding carboxylic acids is 1. The van der Waals surface area contributed by atoms with E-state index in [1.807, 2.05) is 25.2 Å². The molecule has 2 saturated carbocycles. The Morgan fingerprint density at radius 3 is 2.65 bits per heavy atom. The summed E-state index contributed by atoms with van der Waals surface area (Å²) in [5, 5.41) is 3.16. The molecule has 108 valence electrons. The van der Waals surface area contributed by atoms with Gasteiger partial charge in [0.15, 0.2) is 0 Å². The normalized spacial score (nSPS) is 18.1. The standard InChI is InChI=1S/C17H24N2O/c1-18-11-10-14-4-2-3-5-16(14)17(20)19(15-8-9-15)12-13-6-7-13/h2-5,13,15,18H,6-12H2,1H3. The molecule has 0 aromatic heterocycles. The Morgan fingerprint density at radius 1 is 1.25 bits per heavy atom. The van der Waals surface area contributed by atoms with E-state index in [1.165, 1.54) is 31.2 Å². The first-order chi connectivity index (χ1) is 9.79. The molecule has 3 heteroatoms. The molecule has 20 heavy (non-hydrogen) atoms. The summed E-state index contributed by atoms with van der Waals surface area (Å²) in [4.78, 5) is 15.0. The van der Waals surface area contributed by atoms with Gasteiger partial charge in [0, 0.05) is 18.2 Å². The molecule has 0 saturated heterocycles. The third-order valence-electron chi connectivity index (χ3n) is 4.29. The fraction of sp³-hybridized carbons (Fsp3) is 0.588. The van der Waals surface area contributed by atoms with Crippen molar-refractivity contribution in [3.05, 3.63) is 35.4 Å². The first-order valence-electron chi connectivity index (χ1n) is 7.83. The van der Waals surface area contributed by atoms with Gasteiger partial charge < -0.3 is 10.2 Å². The Kier molecular flexibility index (Phi) is 4.06. The minimum absolute atomic E-state index is 0.256. The van der Waals surface area contributed by atoms with Crippen LogP contribution in [0.15, 0.2) is 24.3 Å². The van der Waals surface area contributed by atoms with Crippen molar-refractivity contribution in [1.82, 2.24) is 10.2 Å². The van der Waals surface area contributed by atoms with Gasteiger partial charge in [0.25, 0.3) is 5.91 Å². The van der Waals surface area contributed by atoms with Crippen LogP contribution in [0.2, 0.25) is 0 Å². The number of hydrogen-bond acceptors (Lipinski definition) is 2. The predicted molar refractivity (Wildman–Crippen MR) is 80.9 cm³/mol. The van der Waals surface area contributed by atoms with E-state index >= 15 is 0 Å². The lowest BCUT2D eigenvalue weighted by molar-refractivity contribution is 0.0733. The SMILES string of the molecule is CNCCc1ccccc1C(=O)N(CC1CC1)C1CC1. The third kappa shape index (κ3) is 3.21. The molecule has 2 aliphatic rings. The summed E-state index contributed by atoms with van der Waals surface area (Å²) < 4.78 is 0. The van der Waals surface area contributed by atoms with Crippen LogP contribution in [0.25, 0.3) is 0 Å². The van der Waals surface area contributed by atoms with Gasteiger partial charge in [-0.2, -0.15) is 0 Å². The van der Waals surface area contributed by atoms with Crippen LogP contribution in [-0.4, -0.2) is 37.0 Å². The zero-order valence-corrected chi connectivity index (χ0v) is 12.3. The van der Waals surface area contributed by atoms with Crippen LogP contribution in [0.5, 0.6) is 0 Å². The zero-order valence-electron chi connectivity index (χ0n) is 12.3. The first kappa shape index (κ1) is 13.6. The minimum Gasteiger partial charge on any atom is -0.335 e. The number of carbonyl (C=O) groups is 1. The maximum Gasteiger partial charge on any atom is 0.254 e. The van der Waals surface area contributed by atoms with Gasteiger partial charge in [0.05, 0.1) is 0 Å². The van der Waals surface area contributed by atoms with Crippen molar-refractivity contribution in [2.45, 2.75) is 38.1 Å². The molecule has 2 fully saturated rings. The molecule has 1 aromatic rings. The summed E-state index contributed by atoms with van der Waals surface area (Å²) in [5.41, 5.74) is 2.09. The number of nitrogens with one attached hydrogen (secondary N) is 1. The van der Waals surface area contributed by atoms with Crippen LogP contribution in [-0.2, 0) is 6.42 Å². The topological polar surface area (TPSA) is 32.3 Å². The van der Waals surface area contributed by atoms with Crippen molar-refractivity contribution in [1.29, 1.82) is 0 Å². The van der Waals surface area contributed by atoms with Gasteiger partial charge in [-0.3, -0.25) is 4.79 Å². The molecule has 1 amide bonds. The number of amides is 1. The third-order valence-corrected chi connectivity index (χ3v) is 4.29. The second-order valence-electron chi connectivity index (χ2n) is 6.14. The van der Waals surface area contributed by atoms with Crippen molar-refractivity contribution in [2.24, 2.45) is 5.92 Å². The number of benzene rings is 1. The van der Waals surface area contributed by atoms with Gasteiger partial charge in [-0.05, 0) is 63.2 Å². The van der Waals surface area contributed by atoms with Crippen LogP contribution >= 0.6 is 0 Å². The molecule has 0 bridgehead atoms. The van der Waals surface area contributed by atoms with Crippen LogP contribution in [0.3, 0.4) is 0 Å². The molecule has 0 aliphatic heterocycles. The van der Waals surface area contributed by atoms with Crippen LogP contribution < -0.4 is 5.32 Å². The predicted octanol–water partition coefficient (Wildman–Crippen LogP) is 2.46. The van der Waals surface area contributed by atoms with E-state index in [0.717, 1.165) is 31.0 Å². The highest BCUT2D eigenvalue weighted by atomic mass is 16.2. The highest BCUT2D eigenvalue weighted by molar-refractivity contribution is 5.96. The molecule has 3 nitrogen and oxygen atoms in total. The molecule has 1 N–H and O–H groups in total. The Bertz CT molecular complexity index is 478. The Balaban J connectivity index is 1.76. The van der Waals surface area contributed by atoms with E-state index in [9.17, 15) is 4.79 Å². The van der Waals surface area contributed by atoms with E-state index in [1.54, 1.807) is 0 Å². The van der Waals surface area contributed by atoms with E-state index in [-0.39, 0.29) is 5.91 Å². The van der Waals surface area contributed by atoms with Crippen LogP contribution in [0, 0.1) is 5.92 Å². The van der Waals surface area contributed by atoms with Crippen molar-refractivity contribution in [3.8, 4) is 0 Å². The van der Waals surface area contributed by atoms with Gasteiger partial charge in [0.1, 0.15) is 0 Å². The van der Waals surface area contributed by atoms with E-state index in [2.05, 4.69) is 16.3 Å². The molecule has 1 aromatic carbocycles. The molecule has 0 heterocycles. The molecular formula is C17H24N2O. The summed E-state index contributed by atoms with van der Waals surface area (Å²) >= 11 is 0. The first-order valence-corrected chi connectivity index (χ1v) is 7.83. The van der Waals surface area contributed by atoms with Gasteiger partial charge in [-0.1, -0.05) is 18.2 Å². The lowest BCUT2D eigenvalue weighted by atomic mass is 10.0. The Labute approximate surface area is 121 Å². The smallest absolute Gasteiger partial charge is 0.254 e. The van der Waals surface area contributed by atoms with Crippen molar-refractivity contribution in [2.75, 3.05) is 20.1 Å². The summed E-state index contributed by atoms with van der Waals surface area (Å²) in [6.45, 7) is 1.89. The minimum atomic E-state index is 0.256. The van der Waals surface area contributed by atoms with Crippen LogP contribution in [0.4, 0.5) is 0 Å². The lowest BCUT2D eigenvalue weighted by Crippen LogP contribution is -2.35. The average molecular weight is 272 g/mol. The maximum atomic E-state index is 12.9. The molecule has 0 radical (unpaired) electrons. The summed E-state index contributed by atoms with van der Waals surface area (Å²) in [6, 6.07) is 8.62. The highest BCUT2D eigenvalue weighted by Gasteiger charge is 2.37. The van der Waals surface area contributed by atoms with Gasteiger partial charge >= 0.3 is 0 Å². The molecule has 0 spiro atoms. The quantitative estimate of drug-likeness (QED) is 0.827. The largest absolute Gasteiger partial charge is 0.335 e. The number of likely N-dealkylation sites (N-methyl/N-ethyl adjacent to an activating group) is 1. The molecule has 0 unspecified atom stereocenters. The van der Waals surface area contributed by atoms with Crippen molar-refractivity contribution in [3.63, 3.8) is 0 Å².